The number of nitrogens with one attached hydrogen (secondary N) is 2. The Bertz CT molecular complexity index is 403. The molecule has 0 unspecified atom stereocenters. The zero-order chi connectivity index (χ0) is 16.0. The van der Waals surface area contributed by atoms with Crippen LogP contribution in [0.1, 0.15) is 39.5 Å². The zero-order valence-corrected chi connectivity index (χ0v) is 12.9. The van der Waals surface area contributed by atoms with Crippen molar-refractivity contribution >= 4 is 17.9 Å². The van der Waals surface area contributed by atoms with Gasteiger partial charge in [-0.05, 0) is 38.5 Å². The molecule has 0 aromatic rings. The van der Waals surface area contributed by atoms with Crippen molar-refractivity contribution < 1.29 is 19.5 Å². The first kappa shape index (κ1) is 17.3. The van der Waals surface area contributed by atoms with Crippen LogP contribution in [0.25, 0.3) is 0 Å². The minimum atomic E-state index is -1.21. The third kappa shape index (κ3) is 4.61. The molecule has 1 aliphatic rings. The highest BCUT2D eigenvalue weighted by atomic mass is 16.4. The highest BCUT2D eigenvalue weighted by Gasteiger charge is 2.43. The summed E-state index contributed by atoms with van der Waals surface area (Å²) in [4.78, 5) is 36.3. The van der Waals surface area contributed by atoms with Crippen LogP contribution in [0, 0.1) is 5.92 Å². The minimum Gasteiger partial charge on any atom is -0.480 e. The molecule has 0 aromatic carbocycles. The first-order valence-electron chi connectivity index (χ1n) is 7.34. The Morgan fingerprint density at radius 1 is 1.29 bits per heavy atom. The van der Waals surface area contributed by atoms with E-state index < -0.39 is 17.5 Å². The lowest BCUT2D eigenvalue weighted by atomic mass is 9.77. The summed E-state index contributed by atoms with van der Waals surface area (Å²) >= 11 is 0. The molecular weight excluding hydrogens is 274 g/mol. The van der Waals surface area contributed by atoms with Crippen molar-refractivity contribution in [3.8, 4) is 0 Å². The van der Waals surface area contributed by atoms with Crippen LogP contribution >= 0.6 is 0 Å². The second kappa shape index (κ2) is 7.28. The fourth-order valence-electron chi connectivity index (χ4n) is 2.49. The molecule has 21 heavy (non-hydrogen) atoms. The number of carboxylic acid groups (broad SMARTS) is 1. The summed E-state index contributed by atoms with van der Waals surface area (Å²) in [6.45, 7) is 4.27. The van der Waals surface area contributed by atoms with Crippen molar-refractivity contribution in [1.82, 2.24) is 15.5 Å². The monoisotopic (exact) mass is 299 g/mol. The lowest BCUT2D eigenvalue weighted by molar-refractivity contribution is -0.146. The van der Waals surface area contributed by atoms with E-state index in [1.165, 1.54) is 11.9 Å². The first-order chi connectivity index (χ1) is 9.80. The van der Waals surface area contributed by atoms with Gasteiger partial charge in [0.15, 0.2) is 0 Å². The number of likely N-dealkylation sites (N-methyl/N-ethyl adjacent to an activating group) is 2. The number of aliphatic carboxylic acids is 1. The van der Waals surface area contributed by atoms with Crippen LogP contribution in [0.15, 0.2) is 0 Å². The van der Waals surface area contributed by atoms with Crippen LogP contribution < -0.4 is 10.6 Å². The summed E-state index contributed by atoms with van der Waals surface area (Å²) in [5, 5.41) is 14.7. The van der Waals surface area contributed by atoms with E-state index in [0.29, 0.717) is 25.3 Å². The Morgan fingerprint density at radius 2 is 1.86 bits per heavy atom. The predicted octanol–water partition coefficient (Wildman–Crippen LogP) is 0.797. The number of hydrogen-bond donors (Lipinski definition) is 3. The number of carbonyl (C=O) groups excluding carboxylic acids is 2. The van der Waals surface area contributed by atoms with E-state index in [1.807, 2.05) is 0 Å². The highest BCUT2D eigenvalue weighted by Crippen LogP contribution is 2.32. The molecule has 0 heterocycles. The topological polar surface area (TPSA) is 98.7 Å². The molecule has 0 aliphatic heterocycles. The van der Waals surface area contributed by atoms with Crippen LogP contribution in [-0.2, 0) is 9.59 Å². The van der Waals surface area contributed by atoms with E-state index in [0.717, 1.165) is 12.8 Å². The Morgan fingerprint density at radius 3 is 2.33 bits per heavy atom. The van der Waals surface area contributed by atoms with Gasteiger partial charge in [-0.15, -0.1) is 0 Å². The molecule has 3 N–H and O–H groups in total. The molecule has 1 saturated carbocycles. The Labute approximate surface area is 125 Å². The maximum atomic E-state index is 12.1. The average molecular weight is 299 g/mol. The number of amides is 3. The van der Waals surface area contributed by atoms with Gasteiger partial charge in [0.25, 0.3) is 0 Å². The van der Waals surface area contributed by atoms with Crippen LogP contribution in [0.2, 0.25) is 0 Å². The van der Waals surface area contributed by atoms with Crippen LogP contribution in [0.3, 0.4) is 0 Å². The SMILES string of the molecule is CCNC(=O)CN(C)C(=O)NC1(C(=O)O)CCC(C)CC1. The molecule has 0 saturated heterocycles. The molecule has 3 amide bonds. The highest BCUT2D eigenvalue weighted by molar-refractivity contribution is 5.88. The van der Waals surface area contributed by atoms with Crippen molar-refractivity contribution in [2.45, 2.75) is 45.1 Å². The van der Waals surface area contributed by atoms with Gasteiger partial charge < -0.3 is 20.6 Å². The maximum absolute atomic E-state index is 12.1. The third-order valence-corrected chi connectivity index (χ3v) is 3.98. The number of urea groups is 1. The van der Waals surface area contributed by atoms with E-state index in [2.05, 4.69) is 17.6 Å². The smallest absolute Gasteiger partial charge is 0.329 e. The van der Waals surface area contributed by atoms with Crippen LogP contribution in [0.4, 0.5) is 4.79 Å². The van der Waals surface area contributed by atoms with Gasteiger partial charge in [0.2, 0.25) is 5.91 Å². The fraction of sp³-hybridized carbons (Fsp3) is 0.786. The number of carboxylic acids is 1. The molecule has 0 radical (unpaired) electrons. The Kier molecular flexibility index (Phi) is 5.99. The third-order valence-electron chi connectivity index (χ3n) is 3.98. The maximum Gasteiger partial charge on any atom is 0.329 e. The zero-order valence-electron chi connectivity index (χ0n) is 12.9. The average Bonchev–Trinajstić information content (AvgIpc) is 2.41. The standard InChI is InChI=1S/C14H25N3O4/c1-4-15-11(18)9-17(3)13(21)16-14(12(19)20)7-5-10(2)6-8-14/h10H,4-9H2,1-3H3,(H,15,18)(H,16,21)(H,19,20). The van der Waals surface area contributed by atoms with Crippen molar-refractivity contribution in [2.75, 3.05) is 20.1 Å². The van der Waals surface area contributed by atoms with Crippen molar-refractivity contribution in [3.05, 3.63) is 0 Å². The van der Waals surface area contributed by atoms with Crippen molar-refractivity contribution in [1.29, 1.82) is 0 Å². The lowest BCUT2D eigenvalue weighted by Crippen LogP contribution is -2.59. The second-order valence-electron chi connectivity index (χ2n) is 5.81. The molecule has 7 heteroatoms. The van der Waals surface area contributed by atoms with Crippen molar-refractivity contribution in [3.63, 3.8) is 0 Å². The molecule has 1 aliphatic carbocycles. The molecule has 0 spiro atoms. The van der Waals surface area contributed by atoms with Gasteiger partial charge in [-0.2, -0.15) is 0 Å². The number of rotatable bonds is 5. The quantitative estimate of drug-likeness (QED) is 0.699. The van der Waals surface area contributed by atoms with Crippen LogP contribution in [-0.4, -0.2) is 53.6 Å². The number of hydrogen-bond acceptors (Lipinski definition) is 3. The summed E-state index contributed by atoms with van der Waals surface area (Å²) < 4.78 is 0. The number of carbonyl (C=O) groups is 3. The predicted molar refractivity (Wildman–Crippen MR) is 77.8 cm³/mol. The molecule has 0 aromatic heterocycles. The molecule has 0 atom stereocenters. The Hall–Kier alpha value is -1.79. The van der Waals surface area contributed by atoms with E-state index in [9.17, 15) is 19.5 Å². The van der Waals surface area contributed by atoms with Crippen LogP contribution in [0.5, 0.6) is 0 Å². The van der Waals surface area contributed by atoms with E-state index >= 15 is 0 Å². The number of nitrogens with zero attached hydrogens (tertiary/aromatic N) is 1. The van der Waals surface area contributed by atoms with Gasteiger partial charge >= 0.3 is 12.0 Å². The van der Waals surface area contributed by atoms with Gasteiger partial charge in [-0.3, -0.25) is 4.79 Å². The summed E-state index contributed by atoms with van der Waals surface area (Å²) in [5.41, 5.74) is -1.21. The normalized spacial score (nSPS) is 25.0. The minimum absolute atomic E-state index is 0.0915. The van der Waals surface area contributed by atoms with Gasteiger partial charge in [0, 0.05) is 13.6 Å². The van der Waals surface area contributed by atoms with E-state index in [-0.39, 0.29) is 12.5 Å². The first-order valence-corrected chi connectivity index (χ1v) is 7.34. The second-order valence-corrected chi connectivity index (χ2v) is 5.81. The van der Waals surface area contributed by atoms with E-state index in [1.54, 1.807) is 6.92 Å². The summed E-state index contributed by atoms with van der Waals surface area (Å²) in [5.74, 6) is -0.798. The van der Waals surface area contributed by atoms with Gasteiger partial charge in [0.05, 0.1) is 0 Å². The van der Waals surface area contributed by atoms with Gasteiger partial charge in [-0.1, -0.05) is 6.92 Å². The Balaban J connectivity index is 2.65. The van der Waals surface area contributed by atoms with Crippen molar-refractivity contribution in [2.24, 2.45) is 5.92 Å². The summed E-state index contributed by atoms with van der Waals surface area (Å²) in [6, 6.07) is -0.529. The summed E-state index contributed by atoms with van der Waals surface area (Å²) in [7, 11) is 1.48. The summed E-state index contributed by atoms with van der Waals surface area (Å²) in [6.07, 6.45) is 2.38. The molecule has 1 rings (SSSR count). The van der Waals surface area contributed by atoms with Gasteiger partial charge in [-0.25, -0.2) is 9.59 Å². The molecule has 7 nitrogen and oxygen atoms in total. The fourth-order valence-corrected chi connectivity index (χ4v) is 2.49. The molecular formula is C14H25N3O4. The van der Waals surface area contributed by atoms with Gasteiger partial charge in [0.1, 0.15) is 12.1 Å². The lowest BCUT2D eigenvalue weighted by Gasteiger charge is -2.37. The molecule has 0 bridgehead atoms. The largest absolute Gasteiger partial charge is 0.480 e. The molecule has 1 fully saturated rings. The van der Waals surface area contributed by atoms with E-state index in [4.69, 9.17) is 0 Å². The molecule has 120 valence electrons.